The molecular weight excluding hydrogens is 334 g/mol. The summed E-state index contributed by atoms with van der Waals surface area (Å²) in [6.07, 6.45) is 3.26. The van der Waals surface area contributed by atoms with Crippen molar-refractivity contribution in [1.29, 1.82) is 0 Å². The molecule has 0 spiro atoms. The zero-order chi connectivity index (χ0) is 17.7. The van der Waals surface area contributed by atoms with Crippen LogP contribution < -0.4 is 16.0 Å². The van der Waals surface area contributed by atoms with Crippen molar-refractivity contribution in [1.82, 2.24) is 15.6 Å². The van der Waals surface area contributed by atoms with Gasteiger partial charge in [0.1, 0.15) is 6.54 Å². The third-order valence-electron chi connectivity index (χ3n) is 3.08. The lowest BCUT2D eigenvalue weighted by Gasteiger charge is -2.11. The molecule has 0 atom stereocenters. The van der Waals surface area contributed by atoms with Gasteiger partial charge in [0, 0.05) is 29.9 Å². The normalized spacial score (nSPS) is 11.0. The van der Waals surface area contributed by atoms with Crippen molar-refractivity contribution in [3.8, 4) is 0 Å². The summed E-state index contributed by atoms with van der Waals surface area (Å²) in [5.74, 6) is 1.37. The Bertz CT molecular complexity index is 664. The molecule has 6 nitrogen and oxygen atoms in total. The Morgan fingerprint density at radius 2 is 2.00 bits per heavy atom. The molecule has 25 heavy (non-hydrogen) atoms. The van der Waals surface area contributed by atoms with Gasteiger partial charge in [0.2, 0.25) is 5.91 Å². The molecule has 0 bridgehead atoms. The lowest BCUT2D eigenvalue weighted by Crippen LogP contribution is -2.39. The smallest absolute Gasteiger partial charge is 0.246 e. The van der Waals surface area contributed by atoms with Gasteiger partial charge in [0.05, 0.1) is 11.9 Å². The molecule has 0 saturated heterocycles. The number of amides is 1. The van der Waals surface area contributed by atoms with Crippen molar-refractivity contribution in [2.45, 2.75) is 11.8 Å². The van der Waals surface area contributed by atoms with Crippen molar-refractivity contribution < 1.29 is 4.79 Å². The molecule has 1 aromatic heterocycles. The number of pyridine rings is 1. The predicted molar refractivity (Wildman–Crippen MR) is 104 cm³/mol. The number of benzene rings is 1. The van der Waals surface area contributed by atoms with Gasteiger partial charge in [-0.05, 0) is 31.2 Å². The van der Waals surface area contributed by atoms with Gasteiger partial charge in [0.25, 0.3) is 0 Å². The Morgan fingerprint density at radius 3 is 2.72 bits per heavy atom. The number of rotatable bonds is 8. The molecule has 1 heterocycles. The largest absolute Gasteiger partial charge is 0.357 e. The Balaban J connectivity index is 1.74. The fourth-order valence-corrected chi connectivity index (χ4v) is 2.77. The average molecular weight is 357 g/mol. The van der Waals surface area contributed by atoms with Crippen LogP contribution in [0.15, 0.2) is 64.7 Å². The van der Waals surface area contributed by atoms with Crippen LogP contribution in [-0.4, -0.2) is 42.2 Å². The molecule has 0 unspecified atom stereocenters. The minimum atomic E-state index is -0.177. The summed E-state index contributed by atoms with van der Waals surface area (Å²) in [5, 5.41) is 9.13. The van der Waals surface area contributed by atoms with Crippen molar-refractivity contribution in [3.63, 3.8) is 0 Å². The number of carbonyl (C=O) groups excluding carboxylic acids is 1. The van der Waals surface area contributed by atoms with Crippen LogP contribution in [0.25, 0.3) is 0 Å². The van der Waals surface area contributed by atoms with Crippen LogP contribution in [-0.2, 0) is 4.79 Å². The molecule has 2 aromatic rings. The van der Waals surface area contributed by atoms with Crippen LogP contribution in [0.1, 0.15) is 6.92 Å². The number of aromatic nitrogens is 1. The molecule has 0 aliphatic heterocycles. The Hall–Kier alpha value is -2.54. The first-order valence-electron chi connectivity index (χ1n) is 8.18. The topological polar surface area (TPSA) is 78.4 Å². The molecule has 3 N–H and O–H groups in total. The standard InChI is InChI=1S/C18H23N5OS/c1-2-20-18(21-11-12-25-16-8-4-3-5-9-16)22-14-17(24)23-15-7-6-10-19-13-15/h3-10,13H,2,11-12,14H2,1H3,(H,23,24)(H2,20,21,22). The second-order valence-electron chi connectivity index (χ2n) is 5.07. The second-order valence-corrected chi connectivity index (χ2v) is 6.24. The van der Waals surface area contributed by atoms with Gasteiger partial charge >= 0.3 is 0 Å². The number of anilines is 1. The van der Waals surface area contributed by atoms with E-state index in [2.05, 4.69) is 38.1 Å². The van der Waals surface area contributed by atoms with Crippen LogP contribution in [0.4, 0.5) is 5.69 Å². The van der Waals surface area contributed by atoms with Crippen molar-refractivity contribution in [2.75, 3.05) is 30.7 Å². The van der Waals surface area contributed by atoms with E-state index >= 15 is 0 Å². The minimum absolute atomic E-state index is 0.0516. The maximum Gasteiger partial charge on any atom is 0.246 e. The summed E-state index contributed by atoms with van der Waals surface area (Å²) < 4.78 is 0. The number of nitrogens with zero attached hydrogens (tertiary/aromatic N) is 2. The number of hydrogen-bond acceptors (Lipinski definition) is 4. The highest BCUT2D eigenvalue weighted by Crippen LogP contribution is 2.15. The second kappa shape index (κ2) is 11.1. The van der Waals surface area contributed by atoms with Gasteiger partial charge in [-0.1, -0.05) is 18.2 Å². The SMILES string of the molecule is CCNC(=NCC(=O)Nc1cccnc1)NCCSc1ccccc1. The van der Waals surface area contributed by atoms with E-state index in [4.69, 9.17) is 0 Å². The molecule has 0 aliphatic rings. The van der Waals surface area contributed by atoms with Gasteiger partial charge in [0.15, 0.2) is 5.96 Å². The van der Waals surface area contributed by atoms with Crippen LogP contribution in [0.2, 0.25) is 0 Å². The first kappa shape index (κ1) is 18.8. The highest BCUT2D eigenvalue weighted by Gasteiger charge is 2.03. The molecule has 132 valence electrons. The van der Waals surface area contributed by atoms with E-state index < -0.39 is 0 Å². The average Bonchev–Trinajstić information content (AvgIpc) is 2.65. The fourth-order valence-electron chi connectivity index (χ4n) is 1.98. The van der Waals surface area contributed by atoms with Crippen LogP contribution >= 0.6 is 11.8 Å². The van der Waals surface area contributed by atoms with E-state index in [1.165, 1.54) is 4.90 Å². The number of guanidine groups is 1. The van der Waals surface area contributed by atoms with E-state index in [1.54, 1.807) is 36.3 Å². The Morgan fingerprint density at radius 1 is 1.16 bits per heavy atom. The summed E-state index contributed by atoms with van der Waals surface area (Å²) in [6.45, 7) is 3.54. The third-order valence-corrected chi connectivity index (χ3v) is 4.09. The van der Waals surface area contributed by atoms with Crippen molar-refractivity contribution in [3.05, 3.63) is 54.9 Å². The van der Waals surface area contributed by atoms with E-state index in [0.29, 0.717) is 11.6 Å². The first-order chi connectivity index (χ1) is 12.3. The zero-order valence-corrected chi connectivity index (χ0v) is 15.1. The maximum absolute atomic E-state index is 11.9. The summed E-state index contributed by atoms with van der Waals surface area (Å²) in [5.41, 5.74) is 0.667. The monoisotopic (exact) mass is 357 g/mol. The number of thioether (sulfide) groups is 1. The highest BCUT2D eigenvalue weighted by atomic mass is 32.2. The molecule has 2 rings (SSSR count). The molecule has 1 aromatic carbocycles. The summed E-state index contributed by atoms with van der Waals surface area (Å²) in [4.78, 5) is 21.4. The quantitative estimate of drug-likeness (QED) is 0.293. The fraction of sp³-hybridized carbons (Fsp3) is 0.278. The van der Waals surface area contributed by atoms with Crippen molar-refractivity contribution >= 4 is 29.3 Å². The van der Waals surface area contributed by atoms with E-state index in [0.717, 1.165) is 18.8 Å². The van der Waals surface area contributed by atoms with Crippen LogP contribution in [0, 0.1) is 0 Å². The summed E-state index contributed by atoms with van der Waals surface area (Å²) in [6, 6.07) is 13.8. The molecule has 0 radical (unpaired) electrons. The molecular formula is C18H23N5OS. The third kappa shape index (κ3) is 7.71. The number of carbonyl (C=O) groups is 1. The van der Waals surface area contributed by atoms with Crippen LogP contribution in [0.3, 0.4) is 0 Å². The minimum Gasteiger partial charge on any atom is -0.357 e. The van der Waals surface area contributed by atoms with Crippen LogP contribution in [0.5, 0.6) is 0 Å². The Labute approximate surface area is 152 Å². The molecule has 7 heteroatoms. The zero-order valence-electron chi connectivity index (χ0n) is 14.2. The molecule has 0 fully saturated rings. The Kier molecular flexibility index (Phi) is 8.34. The summed E-state index contributed by atoms with van der Waals surface area (Å²) >= 11 is 1.78. The highest BCUT2D eigenvalue weighted by molar-refractivity contribution is 7.99. The lowest BCUT2D eigenvalue weighted by molar-refractivity contribution is -0.114. The first-order valence-corrected chi connectivity index (χ1v) is 9.16. The van der Waals surface area contributed by atoms with Gasteiger partial charge in [-0.2, -0.15) is 0 Å². The summed E-state index contributed by atoms with van der Waals surface area (Å²) in [7, 11) is 0. The van der Waals surface area contributed by atoms with E-state index in [9.17, 15) is 4.79 Å². The van der Waals surface area contributed by atoms with E-state index in [1.807, 2.05) is 25.1 Å². The van der Waals surface area contributed by atoms with Gasteiger partial charge in [-0.25, -0.2) is 4.99 Å². The van der Waals surface area contributed by atoms with Gasteiger partial charge < -0.3 is 16.0 Å². The molecule has 0 aliphatic carbocycles. The maximum atomic E-state index is 11.9. The van der Waals surface area contributed by atoms with E-state index in [-0.39, 0.29) is 12.5 Å². The molecule has 0 saturated carbocycles. The van der Waals surface area contributed by atoms with Crippen molar-refractivity contribution in [2.24, 2.45) is 4.99 Å². The number of hydrogen-bond donors (Lipinski definition) is 3. The number of aliphatic imine (C=N–C) groups is 1. The van der Waals surface area contributed by atoms with Gasteiger partial charge in [-0.3, -0.25) is 9.78 Å². The molecule has 1 amide bonds. The van der Waals surface area contributed by atoms with Gasteiger partial charge in [-0.15, -0.1) is 11.8 Å². The predicted octanol–water partition coefficient (Wildman–Crippen LogP) is 2.37. The number of nitrogens with one attached hydrogen (secondary N) is 3. The lowest BCUT2D eigenvalue weighted by atomic mass is 10.4.